The molecule has 7 rings (SSSR count). The second-order valence-electron chi connectivity index (χ2n) is 10.2. The van der Waals surface area contributed by atoms with Gasteiger partial charge < -0.3 is 14.2 Å². The topological polar surface area (TPSA) is 9.72 Å². The third-order valence-corrected chi connectivity index (χ3v) is 7.55. The zero-order valence-corrected chi connectivity index (χ0v) is 23.2. The molecule has 3 nitrogen and oxygen atoms in total. The lowest BCUT2D eigenvalue weighted by atomic mass is 9.71. The molecule has 1 saturated heterocycles. The number of rotatable bonds is 6. The minimum absolute atomic E-state index is 1.10. The van der Waals surface area contributed by atoms with Crippen molar-refractivity contribution in [1.82, 2.24) is 0 Å². The normalized spacial score (nSPS) is 12.7. The summed E-state index contributed by atoms with van der Waals surface area (Å²) < 4.78 is 6.68. The molecule has 0 N–H and O–H groups in total. The molecular weight excluding hydrogens is 507 g/mol. The van der Waals surface area contributed by atoms with E-state index in [-0.39, 0.29) is 0 Å². The Bertz CT molecular complexity index is 1560. The van der Waals surface area contributed by atoms with E-state index in [2.05, 4.69) is 201 Å². The van der Waals surface area contributed by atoms with Gasteiger partial charge in [0.05, 0.1) is 0 Å². The van der Waals surface area contributed by atoms with Gasteiger partial charge in [-0.15, -0.1) is 0 Å². The molecule has 1 aliphatic heterocycles. The van der Waals surface area contributed by atoms with Gasteiger partial charge in [-0.2, -0.15) is 0 Å². The van der Waals surface area contributed by atoms with Crippen molar-refractivity contribution in [2.75, 3.05) is 14.2 Å². The van der Waals surface area contributed by atoms with Crippen LogP contribution >= 0.6 is 0 Å². The number of para-hydroxylation sites is 3. The van der Waals surface area contributed by atoms with E-state index in [1.54, 1.807) is 0 Å². The highest BCUT2D eigenvalue weighted by Gasteiger charge is 2.33. The molecule has 1 aliphatic rings. The number of hydrogen-bond acceptors (Lipinski definition) is 3. The molecule has 42 heavy (non-hydrogen) atoms. The molecule has 0 saturated carbocycles. The molecule has 0 amide bonds. The van der Waals surface area contributed by atoms with E-state index in [1.165, 1.54) is 33.4 Å². The summed E-state index contributed by atoms with van der Waals surface area (Å²) in [5.41, 5.74) is 10.3. The zero-order valence-electron chi connectivity index (χ0n) is 23.2. The Morgan fingerprint density at radius 3 is 0.786 bits per heavy atom. The summed E-state index contributed by atoms with van der Waals surface area (Å²) in [5.74, 6) is 0. The monoisotopic (exact) mass is 534 g/mol. The van der Waals surface area contributed by atoms with Crippen molar-refractivity contribution in [3.8, 4) is 33.4 Å². The highest BCUT2D eigenvalue weighted by atomic mass is 15.3. The van der Waals surface area contributed by atoms with Crippen LogP contribution in [0.2, 0.25) is 0 Å². The van der Waals surface area contributed by atoms with Crippen molar-refractivity contribution in [3.63, 3.8) is 0 Å². The average Bonchev–Trinajstić information content (AvgIpc) is 3.09. The van der Waals surface area contributed by atoms with Crippen molar-refractivity contribution < 1.29 is 0 Å². The SMILES string of the molecule is [B]1N(c2ccccc2-c2ccccc2)[B]N(c2ccccc2-c2ccccc2)[B]N1c1ccccc1-c1ccccc1. The third kappa shape index (κ3) is 5.20. The number of nitrogens with zero attached hydrogens (tertiary/aromatic N) is 3. The van der Waals surface area contributed by atoms with E-state index in [9.17, 15) is 0 Å². The van der Waals surface area contributed by atoms with Crippen molar-refractivity contribution in [2.45, 2.75) is 0 Å². The maximum Gasteiger partial charge on any atom is 0.365 e. The Balaban J connectivity index is 1.35. The summed E-state index contributed by atoms with van der Waals surface area (Å²) in [6, 6.07) is 57.5. The first-order chi connectivity index (χ1) is 20.8. The van der Waals surface area contributed by atoms with Crippen molar-refractivity contribution in [2.24, 2.45) is 0 Å². The van der Waals surface area contributed by atoms with Crippen LogP contribution in [0, 0.1) is 0 Å². The van der Waals surface area contributed by atoms with Gasteiger partial charge in [0.1, 0.15) is 0 Å². The molecule has 0 aliphatic carbocycles. The van der Waals surface area contributed by atoms with Gasteiger partial charge in [-0.3, -0.25) is 0 Å². The van der Waals surface area contributed by atoms with E-state index < -0.39 is 0 Å². The summed E-state index contributed by atoms with van der Waals surface area (Å²) in [7, 11) is 6.52. The van der Waals surface area contributed by atoms with Gasteiger partial charge in [-0.1, -0.05) is 146 Å². The van der Waals surface area contributed by atoms with E-state index in [4.69, 9.17) is 0 Å². The Kier molecular flexibility index (Phi) is 7.26. The molecule has 6 heteroatoms. The highest BCUT2D eigenvalue weighted by Crippen LogP contribution is 2.37. The minimum atomic E-state index is 1.10. The van der Waals surface area contributed by atoms with Gasteiger partial charge in [0.25, 0.3) is 0 Å². The van der Waals surface area contributed by atoms with E-state index in [0.29, 0.717) is 0 Å². The Morgan fingerprint density at radius 1 is 0.262 bits per heavy atom. The van der Waals surface area contributed by atoms with Crippen molar-refractivity contribution in [1.29, 1.82) is 0 Å². The molecule has 0 atom stereocenters. The lowest BCUT2D eigenvalue weighted by Crippen LogP contribution is -2.62. The Hall–Kier alpha value is -5.09. The summed E-state index contributed by atoms with van der Waals surface area (Å²) in [4.78, 5) is 0. The molecule has 6 aromatic rings. The molecular formula is C36H27B3N3. The Morgan fingerprint density at radius 2 is 0.500 bits per heavy atom. The van der Waals surface area contributed by atoms with E-state index in [1.807, 2.05) is 0 Å². The van der Waals surface area contributed by atoms with Crippen LogP contribution < -0.4 is 14.2 Å². The maximum absolute atomic E-state index is 2.23. The molecule has 195 valence electrons. The predicted octanol–water partition coefficient (Wildman–Crippen LogP) is 8.12. The van der Waals surface area contributed by atoms with Gasteiger partial charge in [-0.25, -0.2) is 0 Å². The first-order valence-electron chi connectivity index (χ1n) is 14.2. The predicted molar refractivity (Wildman–Crippen MR) is 180 cm³/mol. The van der Waals surface area contributed by atoms with Gasteiger partial charge in [0.15, 0.2) is 0 Å². The summed E-state index contributed by atoms with van der Waals surface area (Å²) in [6.07, 6.45) is 0. The zero-order chi connectivity index (χ0) is 28.1. The van der Waals surface area contributed by atoms with Crippen molar-refractivity contribution >= 4 is 39.7 Å². The first-order valence-corrected chi connectivity index (χ1v) is 14.2. The second kappa shape index (κ2) is 11.8. The molecule has 3 radical (unpaired) electrons. The van der Waals surface area contributed by atoms with Crippen LogP contribution in [0.1, 0.15) is 0 Å². The van der Waals surface area contributed by atoms with Gasteiger partial charge in [0.2, 0.25) is 0 Å². The molecule has 6 aromatic carbocycles. The smallest absolute Gasteiger partial charge is 0.365 e. The second-order valence-corrected chi connectivity index (χ2v) is 10.2. The van der Waals surface area contributed by atoms with E-state index in [0.717, 1.165) is 17.1 Å². The average molecular weight is 534 g/mol. The van der Waals surface area contributed by atoms with Gasteiger partial charge in [-0.05, 0) is 34.9 Å². The molecule has 0 bridgehead atoms. The molecule has 1 heterocycles. The van der Waals surface area contributed by atoms with Gasteiger partial charge >= 0.3 is 22.6 Å². The number of anilines is 3. The first kappa shape index (κ1) is 25.9. The number of benzene rings is 6. The van der Waals surface area contributed by atoms with E-state index >= 15 is 0 Å². The van der Waals surface area contributed by atoms with Crippen LogP contribution in [0.5, 0.6) is 0 Å². The minimum Gasteiger partial charge on any atom is -0.430 e. The van der Waals surface area contributed by atoms with Crippen LogP contribution in [0.3, 0.4) is 0 Å². The third-order valence-electron chi connectivity index (χ3n) is 7.55. The summed E-state index contributed by atoms with van der Waals surface area (Å²) >= 11 is 0. The van der Waals surface area contributed by atoms with Gasteiger partial charge in [0, 0.05) is 33.8 Å². The molecule has 0 aromatic heterocycles. The van der Waals surface area contributed by atoms with Crippen LogP contribution in [0.4, 0.5) is 17.1 Å². The quantitative estimate of drug-likeness (QED) is 0.200. The lowest BCUT2D eigenvalue weighted by Gasteiger charge is -2.44. The molecule has 0 spiro atoms. The fraction of sp³-hybridized carbons (Fsp3) is 0. The van der Waals surface area contributed by atoms with Crippen LogP contribution in [0.15, 0.2) is 164 Å². The van der Waals surface area contributed by atoms with Crippen LogP contribution in [0.25, 0.3) is 33.4 Å². The fourth-order valence-corrected chi connectivity index (χ4v) is 5.55. The summed E-state index contributed by atoms with van der Waals surface area (Å²) in [6.45, 7) is 0. The molecule has 0 unspecified atom stereocenters. The Labute approximate surface area is 250 Å². The summed E-state index contributed by atoms with van der Waals surface area (Å²) in [5, 5.41) is 0. The number of hydrogen-bond donors (Lipinski definition) is 0. The molecule has 1 fully saturated rings. The largest absolute Gasteiger partial charge is 0.430 e. The van der Waals surface area contributed by atoms with Crippen LogP contribution in [-0.4, -0.2) is 22.6 Å². The highest BCUT2D eigenvalue weighted by molar-refractivity contribution is 6.87. The standard InChI is InChI=1S/C36H27B3N3/c1-4-16-28(17-5-1)31-22-10-13-25-34(31)40-37-41(35-26-14-11-23-32(35)29-18-6-2-7-19-29)39-42(38-40)36-27-15-12-24-33(36)30-20-8-3-9-21-30/h1-27H. The fourth-order valence-electron chi connectivity index (χ4n) is 5.55. The van der Waals surface area contributed by atoms with Crippen LogP contribution in [-0.2, 0) is 0 Å². The maximum atomic E-state index is 2.23. The lowest BCUT2D eigenvalue weighted by molar-refractivity contribution is 1.36. The van der Waals surface area contributed by atoms with Crippen molar-refractivity contribution in [3.05, 3.63) is 164 Å².